The summed E-state index contributed by atoms with van der Waals surface area (Å²) in [5.74, 6) is 0.440. The summed E-state index contributed by atoms with van der Waals surface area (Å²) in [7, 11) is 0. The smallest absolute Gasteiger partial charge is 0.219 e. The molecule has 1 fully saturated rings. The first-order chi connectivity index (χ1) is 12.5. The molecular weight excluding hydrogens is 326 g/mol. The van der Waals surface area contributed by atoms with E-state index in [1.807, 2.05) is 4.90 Å². The molecule has 0 atom stereocenters. The van der Waals surface area contributed by atoms with Crippen LogP contribution in [-0.4, -0.2) is 29.7 Å². The van der Waals surface area contributed by atoms with Gasteiger partial charge >= 0.3 is 0 Å². The summed E-state index contributed by atoms with van der Waals surface area (Å²) in [5, 5.41) is 0. The van der Waals surface area contributed by atoms with Gasteiger partial charge in [0, 0.05) is 38.4 Å². The number of carbonyl (C=O) groups excluding carboxylic acids is 1. The monoisotopic (exact) mass is 351 g/mol. The van der Waals surface area contributed by atoms with Gasteiger partial charge in [0.2, 0.25) is 11.7 Å². The Morgan fingerprint density at radius 2 is 1.85 bits per heavy atom. The van der Waals surface area contributed by atoms with Crippen molar-refractivity contribution in [3.63, 3.8) is 0 Å². The molecule has 2 aromatic carbocycles. The second kappa shape index (κ2) is 6.44. The van der Waals surface area contributed by atoms with Crippen molar-refractivity contribution >= 4 is 5.91 Å². The maximum atomic E-state index is 11.5. The number of nitrogens with zero attached hydrogens (tertiary/aromatic N) is 1. The van der Waals surface area contributed by atoms with Crippen LogP contribution in [0.2, 0.25) is 0 Å². The van der Waals surface area contributed by atoms with Crippen LogP contribution in [0.5, 0.6) is 5.75 Å². The number of carbonyl (C=O) groups is 1. The van der Waals surface area contributed by atoms with Gasteiger partial charge in [0.05, 0.1) is 6.61 Å². The molecule has 4 nitrogen and oxygen atoms in total. The van der Waals surface area contributed by atoms with Crippen LogP contribution in [-0.2, 0) is 16.1 Å². The van der Waals surface area contributed by atoms with E-state index in [1.54, 1.807) is 6.92 Å². The molecule has 2 aliphatic heterocycles. The summed E-state index contributed by atoms with van der Waals surface area (Å²) in [6.45, 7) is 7.80. The van der Waals surface area contributed by atoms with Gasteiger partial charge in [-0.2, -0.15) is 0 Å². The highest BCUT2D eigenvalue weighted by atomic mass is 16.7. The van der Waals surface area contributed by atoms with Gasteiger partial charge in [-0.15, -0.1) is 0 Å². The minimum atomic E-state index is -0.583. The van der Waals surface area contributed by atoms with Crippen LogP contribution in [0.25, 0.3) is 11.1 Å². The molecule has 1 spiro atoms. The van der Waals surface area contributed by atoms with E-state index in [2.05, 4.69) is 50.2 Å². The van der Waals surface area contributed by atoms with Crippen molar-refractivity contribution in [2.24, 2.45) is 0 Å². The highest BCUT2D eigenvalue weighted by Crippen LogP contribution is 2.39. The molecule has 136 valence electrons. The van der Waals surface area contributed by atoms with E-state index in [-0.39, 0.29) is 5.91 Å². The summed E-state index contributed by atoms with van der Waals surface area (Å²) in [6, 6.07) is 12.9. The molecule has 0 radical (unpaired) electrons. The molecule has 26 heavy (non-hydrogen) atoms. The molecule has 2 heterocycles. The van der Waals surface area contributed by atoms with Gasteiger partial charge < -0.3 is 14.4 Å². The van der Waals surface area contributed by atoms with Crippen LogP contribution in [0.15, 0.2) is 36.4 Å². The SMILES string of the molecule is CC(=O)N1CCC2(CC1)OCc1cc(-c3ccc(C)cc3C)ccc1O2. The lowest BCUT2D eigenvalue weighted by Crippen LogP contribution is -2.52. The fraction of sp³-hybridized carbons (Fsp3) is 0.409. The summed E-state index contributed by atoms with van der Waals surface area (Å²) >= 11 is 0. The Kier molecular flexibility index (Phi) is 4.23. The number of fused-ring (bicyclic) bond motifs is 1. The zero-order valence-corrected chi connectivity index (χ0v) is 15.7. The van der Waals surface area contributed by atoms with Gasteiger partial charge in [-0.25, -0.2) is 0 Å². The molecule has 2 aliphatic rings. The van der Waals surface area contributed by atoms with Gasteiger partial charge in [-0.3, -0.25) is 4.79 Å². The van der Waals surface area contributed by atoms with Crippen LogP contribution >= 0.6 is 0 Å². The summed E-state index contributed by atoms with van der Waals surface area (Å²) < 4.78 is 12.4. The molecule has 0 N–H and O–H groups in total. The van der Waals surface area contributed by atoms with Crippen molar-refractivity contribution in [1.82, 2.24) is 4.90 Å². The van der Waals surface area contributed by atoms with Gasteiger partial charge in [-0.1, -0.05) is 29.8 Å². The van der Waals surface area contributed by atoms with Gasteiger partial charge in [0.25, 0.3) is 0 Å². The third-order valence-corrected chi connectivity index (χ3v) is 5.51. The zero-order valence-electron chi connectivity index (χ0n) is 15.7. The highest BCUT2D eigenvalue weighted by Gasteiger charge is 2.41. The van der Waals surface area contributed by atoms with Crippen molar-refractivity contribution in [3.05, 3.63) is 53.1 Å². The maximum absolute atomic E-state index is 11.5. The van der Waals surface area contributed by atoms with Crippen LogP contribution in [0.1, 0.15) is 36.5 Å². The third-order valence-electron chi connectivity index (χ3n) is 5.51. The summed E-state index contributed by atoms with van der Waals surface area (Å²) in [5.41, 5.74) is 6.07. The van der Waals surface area contributed by atoms with Gasteiger partial charge in [0.15, 0.2) is 0 Å². The van der Waals surface area contributed by atoms with Crippen molar-refractivity contribution in [1.29, 1.82) is 0 Å². The predicted octanol–water partition coefficient (Wildman–Crippen LogP) is 4.22. The van der Waals surface area contributed by atoms with E-state index in [4.69, 9.17) is 9.47 Å². The molecule has 2 aromatic rings. The number of ether oxygens (including phenoxy) is 2. The molecule has 0 saturated carbocycles. The number of piperidine rings is 1. The Bertz CT molecular complexity index is 850. The first-order valence-corrected chi connectivity index (χ1v) is 9.25. The fourth-order valence-corrected chi connectivity index (χ4v) is 3.94. The Balaban J connectivity index is 1.56. The second-order valence-corrected chi connectivity index (χ2v) is 7.45. The molecule has 1 saturated heterocycles. The molecule has 1 amide bonds. The lowest BCUT2D eigenvalue weighted by Gasteiger charge is -2.43. The number of benzene rings is 2. The standard InChI is InChI=1S/C22H25NO3/c1-15-4-6-20(16(2)12-15)18-5-7-21-19(13-18)14-25-22(26-21)8-10-23(11-9-22)17(3)24/h4-7,12-13H,8-11,14H2,1-3H3. The Morgan fingerprint density at radius 1 is 1.08 bits per heavy atom. The number of amides is 1. The normalized spacial score (nSPS) is 18.3. The number of likely N-dealkylation sites (tertiary alicyclic amines) is 1. The topological polar surface area (TPSA) is 38.8 Å². The fourth-order valence-electron chi connectivity index (χ4n) is 3.94. The van der Waals surface area contributed by atoms with E-state index in [9.17, 15) is 4.79 Å². The van der Waals surface area contributed by atoms with Crippen molar-refractivity contribution in [2.75, 3.05) is 13.1 Å². The van der Waals surface area contributed by atoms with E-state index in [1.165, 1.54) is 22.3 Å². The summed E-state index contributed by atoms with van der Waals surface area (Å²) in [6.07, 6.45) is 1.43. The van der Waals surface area contributed by atoms with Crippen molar-refractivity contribution in [3.8, 4) is 16.9 Å². The quantitative estimate of drug-likeness (QED) is 0.772. The molecule has 0 aromatic heterocycles. The lowest BCUT2D eigenvalue weighted by atomic mass is 9.96. The van der Waals surface area contributed by atoms with E-state index in [0.717, 1.165) is 11.3 Å². The zero-order chi connectivity index (χ0) is 18.3. The average Bonchev–Trinajstić information content (AvgIpc) is 2.62. The first-order valence-electron chi connectivity index (χ1n) is 9.25. The van der Waals surface area contributed by atoms with E-state index < -0.39 is 5.79 Å². The minimum Gasteiger partial charge on any atom is -0.462 e. The molecule has 4 rings (SSSR count). The van der Waals surface area contributed by atoms with Gasteiger partial charge in [-0.05, 0) is 42.7 Å². The lowest BCUT2D eigenvalue weighted by molar-refractivity contribution is -0.227. The van der Waals surface area contributed by atoms with Crippen molar-refractivity contribution < 1.29 is 14.3 Å². The largest absolute Gasteiger partial charge is 0.462 e. The maximum Gasteiger partial charge on any atom is 0.219 e. The second-order valence-electron chi connectivity index (χ2n) is 7.45. The number of hydrogen-bond donors (Lipinski definition) is 0. The van der Waals surface area contributed by atoms with E-state index >= 15 is 0 Å². The summed E-state index contributed by atoms with van der Waals surface area (Å²) in [4.78, 5) is 13.4. The number of hydrogen-bond acceptors (Lipinski definition) is 3. The Morgan fingerprint density at radius 3 is 2.54 bits per heavy atom. The van der Waals surface area contributed by atoms with Crippen molar-refractivity contribution in [2.45, 2.75) is 46.0 Å². The number of aryl methyl sites for hydroxylation is 2. The Hall–Kier alpha value is -2.33. The molecule has 0 aliphatic carbocycles. The molecule has 0 unspecified atom stereocenters. The molecular formula is C22H25NO3. The van der Waals surface area contributed by atoms with Crippen LogP contribution in [0.3, 0.4) is 0 Å². The first kappa shape index (κ1) is 17.1. The Labute approximate surface area is 154 Å². The van der Waals surface area contributed by atoms with Crippen LogP contribution < -0.4 is 4.74 Å². The van der Waals surface area contributed by atoms with Gasteiger partial charge in [0.1, 0.15) is 5.75 Å². The van der Waals surface area contributed by atoms with Crippen LogP contribution in [0.4, 0.5) is 0 Å². The van der Waals surface area contributed by atoms with E-state index in [0.29, 0.717) is 32.5 Å². The third kappa shape index (κ3) is 3.10. The molecule has 4 heteroatoms. The predicted molar refractivity (Wildman–Crippen MR) is 101 cm³/mol. The average molecular weight is 351 g/mol. The minimum absolute atomic E-state index is 0.120. The number of rotatable bonds is 1. The molecule has 0 bridgehead atoms. The highest BCUT2D eigenvalue weighted by molar-refractivity contribution is 5.73. The van der Waals surface area contributed by atoms with Crippen LogP contribution in [0, 0.1) is 13.8 Å².